The number of carbonyl (C=O) groups is 1. The molecule has 0 unspecified atom stereocenters. The van der Waals surface area contributed by atoms with Gasteiger partial charge in [0, 0.05) is 18.8 Å². The summed E-state index contributed by atoms with van der Waals surface area (Å²) in [6.07, 6.45) is -5.46. The number of amides is 1. The van der Waals surface area contributed by atoms with Gasteiger partial charge in [0.05, 0.1) is 29.3 Å². The van der Waals surface area contributed by atoms with Gasteiger partial charge in [-0.3, -0.25) is 9.20 Å². The van der Waals surface area contributed by atoms with E-state index >= 15 is 0 Å². The normalized spacial score (nSPS) is 12.1. The fourth-order valence-electron chi connectivity index (χ4n) is 3.27. The number of fused-ring (bicyclic) bond motifs is 1. The number of nitrogens with zero attached hydrogens (tertiary/aromatic N) is 4. The van der Waals surface area contributed by atoms with Crippen LogP contribution in [0.3, 0.4) is 0 Å². The molecule has 0 aliphatic heterocycles. The van der Waals surface area contributed by atoms with Gasteiger partial charge in [-0.05, 0) is 24.3 Å². The molecule has 0 fully saturated rings. The molecule has 0 radical (unpaired) electrons. The van der Waals surface area contributed by atoms with Crippen LogP contribution < -0.4 is 9.64 Å². The van der Waals surface area contributed by atoms with E-state index in [0.717, 1.165) is 23.1 Å². The molecule has 0 N–H and O–H groups in total. The van der Waals surface area contributed by atoms with E-state index in [-0.39, 0.29) is 11.4 Å². The van der Waals surface area contributed by atoms with Gasteiger partial charge in [-0.1, -0.05) is 24.3 Å². The van der Waals surface area contributed by atoms with E-state index in [1.54, 1.807) is 0 Å². The minimum absolute atomic E-state index is 0.136. The molecule has 0 saturated carbocycles. The molecule has 0 saturated heterocycles. The maximum atomic E-state index is 13.0. The van der Waals surface area contributed by atoms with E-state index in [4.69, 9.17) is 0 Å². The molecule has 0 aliphatic rings. The zero-order valence-electron chi connectivity index (χ0n) is 17.2. The monoisotopic (exact) mass is 480 g/mol. The lowest BCUT2D eigenvalue weighted by Gasteiger charge is -2.21. The van der Waals surface area contributed by atoms with Gasteiger partial charge < -0.3 is 9.64 Å². The molecule has 2 heterocycles. The van der Waals surface area contributed by atoms with Gasteiger partial charge in [-0.15, -0.1) is 13.2 Å². The molecule has 4 rings (SSSR count). The smallest absolute Gasteiger partial charge is 0.404 e. The highest BCUT2D eigenvalue weighted by Gasteiger charge is 2.33. The van der Waals surface area contributed by atoms with Crippen molar-refractivity contribution in [3.05, 3.63) is 78.4 Å². The van der Waals surface area contributed by atoms with Crippen LogP contribution in [0.4, 0.5) is 32.0 Å². The summed E-state index contributed by atoms with van der Waals surface area (Å²) in [5.74, 6) is -1.31. The standard InChI is InChI=1S/C22H14F6N4O2/c1-31(16-4-2-3-5-18(16)34-22(26,27)28)20(33)15-12-32-17(10-30-19(32)11-29-15)13-6-8-14(9-7-13)21(23,24)25/h2-12H,1H3. The lowest BCUT2D eigenvalue weighted by molar-refractivity contribution is -0.274. The summed E-state index contributed by atoms with van der Waals surface area (Å²) in [6, 6.07) is 9.51. The van der Waals surface area contributed by atoms with Crippen LogP contribution in [0.5, 0.6) is 5.75 Å². The van der Waals surface area contributed by atoms with Crippen molar-refractivity contribution in [3.63, 3.8) is 0 Å². The first-order valence-electron chi connectivity index (χ1n) is 9.57. The topological polar surface area (TPSA) is 59.7 Å². The average molecular weight is 480 g/mol. The summed E-state index contributed by atoms with van der Waals surface area (Å²) >= 11 is 0. The van der Waals surface area contributed by atoms with Gasteiger partial charge in [0.15, 0.2) is 11.4 Å². The lowest BCUT2D eigenvalue weighted by atomic mass is 10.1. The minimum Gasteiger partial charge on any atom is -0.404 e. The number of alkyl halides is 6. The van der Waals surface area contributed by atoms with Gasteiger partial charge in [-0.25, -0.2) is 9.97 Å². The Hall–Kier alpha value is -4.09. The minimum atomic E-state index is -4.95. The molecule has 2 aromatic carbocycles. The fourth-order valence-corrected chi connectivity index (χ4v) is 3.27. The quantitative estimate of drug-likeness (QED) is 0.358. The van der Waals surface area contributed by atoms with Crippen LogP contribution in [0, 0.1) is 0 Å². The van der Waals surface area contributed by atoms with E-state index in [2.05, 4.69) is 14.7 Å². The molecule has 4 aromatic rings. The number of aromatic nitrogens is 3. The van der Waals surface area contributed by atoms with Gasteiger partial charge in [0.25, 0.3) is 5.91 Å². The summed E-state index contributed by atoms with van der Waals surface area (Å²) in [7, 11) is 1.26. The largest absolute Gasteiger partial charge is 0.573 e. The maximum Gasteiger partial charge on any atom is 0.573 e. The van der Waals surface area contributed by atoms with Crippen molar-refractivity contribution in [2.75, 3.05) is 11.9 Å². The van der Waals surface area contributed by atoms with Crippen LogP contribution >= 0.6 is 0 Å². The Morgan fingerprint density at radius 2 is 1.62 bits per heavy atom. The second-order valence-electron chi connectivity index (χ2n) is 7.10. The molecule has 0 spiro atoms. The van der Waals surface area contributed by atoms with Crippen LogP contribution in [0.15, 0.2) is 67.1 Å². The van der Waals surface area contributed by atoms with E-state index < -0.39 is 29.8 Å². The third kappa shape index (κ3) is 4.65. The van der Waals surface area contributed by atoms with E-state index in [1.165, 1.54) is 60.4 Å². The lowest BCUT2D eigenvalue weighted by Crippen LogP contribution is -2.29. The number of para-hydroxylation sites is 2. The van der Waals surface area contributed by atoms with Crippen LogP contribution in [0.1, 0.15) is 16.1 Å². The van der Waals surface area contributed by atoms with Crippen molar-refractivity contribution < 1.29 is 35.9 Å². The maximum absolute atomic E-state index is 13.0. The molecule has 2 aromatic heterocycles. The highest BCUT2D eigenvalue weighted by atomic mass is 19.4. The van der Waals surface area contributed by atoms with E-state index in [0.29, 0.717) is 16.9 Å². The van der Waals surface area contributed by atoms with Crippen molar-refractivity contribution >= 4 is 17.2 Å². The van der Waals surface area contributed by atoms with Crippen molar-refractivity contribution in [2.45, 2.75) is 12.5 Å². The zero-order chi connectivity index (χ0) is 24.7. The Kier molecular flexibility index (Phi) is 5.67. The molecule has 1 amide bonds. The SMILES string of the molecule is CN(C(=O)c1cn2c(-c3ccc(C(F)(F)F)cc3)cnc2cn1)c1ccccc1OC(F)(F)F. The highest BCUT2D eigenvalue weighted by Crippen LogP contribution is 2.33. The summed E-state index contributed by atoms with van der Waals surface area (Å²) < 4.78 is 82.2. The molecule has 0 aliphatic carbocycles. The number of halogens is 6. The predicted molar refractivity (Wildman–Crippen MR) is 109 cm³/mol. The average Bonchev–Trinajstić information content (AvgIpc) is 3.20. The van der Waals surface area contributed by atoms with Gasteiger partial charge in [0.2, 0.25) is 0 Å². The first-order valence-corrected chi connectivity index (χ1v) is 9.57. The van der Waals surface area contributed by atoms with Gasteiger partial charge in [0.1, 0.15) is 5.69 Å². The summed E-state index contributed by atoms with van der Waals surface area (Å²) in [5, 5.41) is 0. The second kappa shape index (κ2) is 8.36. The predicted octanol–water partition coefficient (Wildman–Crippen LogP) is 5.59. The van der Waals surface area contributed by atoms with Crippen LogP contribution in [0.25, 0.3) is 16.9 Å². The Morgan fingerprint density at radius 1 is 0.941 bits per heavy atom. The Bertz CT molecular complexity index is 1350. The third-order valence-electron chi connectivity index (χ3n) is 4.88. The molecule has 0 bridgehead atoms. The number of anilines is 1. The molecule has 176 valence electrons. The number of hydrogen-bond acceptors (Lipinski definition) is 4. The summed E-state index contributed by atoms with van der Waals surface area (Å²) in [5.41, 5.74) is 0.0215. The summed E-state index contributed by atoms with van der Waals surface area (Å²) in [4.78, 5) is 22.1. The van der Waals surface area contributed by atoms with Gasteiger partial charge >= 0.3 is 12.5 Å². The Balaban J connectivity index is 1.68. The van der Waals surface area contributed by atoms with Crippen molar-refractivity contribution in [2.24, 2.45) is 0 Å². The Labute approximate surface area is 188 Å². The number of carbonyl (C=O) groups excluding carboxylic acids is 1. The van der Waals surface area contributed by atoms with Crippen LogP contribution in [-0.4, -0.2) is 33.7 Å². The second-order valence-corrected chi connectivity index (χ2v) is 7.10. The molecule has 6 nitrogen and oxygen atoms in total. The number of imidazole rings is 1. The molecule has 34 heavy (non-hydrogen) atoms. The molecular weight excluding hydrogens is 466 g/mol. The van der Waals surface area contributed by atoms with Crippen molar-refractivity contribution in [1.82, 2.24) is 14.4 Å². The zero-order valence-corrected chi connectivity index (χ0v) is 17.2. The number of benzene rings is 2. The number of hydrogen-bond donors (Lipinski definition) is 0. The first kappa shape index (κ1) is 23.1. The number of rotatable bonds is 4. The van der Waals surface area contributed by atoms with Crippen LogP contribution in [0.2, 0.25) is 0 Å². The Morgan fingerprint density at radius 3 is 2.26 bits per heavy atom. The van der Waals surface area contributed by atoms with E-state index in [9.17, 15) is 31.1 Å². The molecule has 12 heteroatoms. The van der Waals surface area contributed by atoms with Crippen molar-refractivity contribution in [3.8, 4) is 17.0 Å². The first-order chi connectivity index (χ1) is 15.9. The third-order valence-corrected chi connectivity index (χ3v) is 4.88. The highest BCUT2D eigenvalue weighted by molar-refractivity contribution is 6.05. The van der Waals surface area contributed by atoms with Crippen LogP contribution in [-0.2, 0) is 6.18 Å². The number of ether oxygens (including phenoxy) is 1. The molecule has 0 atom stereocenters. The summed E-state index contributed by atoms with van der Waals surface area (Å²) in [6.45, 7) is 0. The van der Waals surface area contributed by atoms with E-state index in [1.807, 2.05) is 0 Å². The van der Waals surface area contributed by atoms with Gasteiger partial charge in [-0.2, -0.15) is 13.2 Å². The molecular formula is C22H14F6N4O2. The fraction of sp³-hybridized carbons (Fsp3) is 0.136. The van der Waals surface area contributed by atoms with Crippen molar-refractivity contribution in [1.29, 1.82) is 0 Å².